The van der Waals surface area contributed by atoms with E-state index >= 15 is 0 Å². The van der Waals surface area contributed by atoms with E-state index in [1.165, 1.54) is 0 Å². The molecule has 2 aromatic heterocycles. The van der Waals surface area contributed by atoms with Crippen LogP contribution in [-0.2, 0) is 17.0 Å². The van der Waals surface area contributed by atoms with Crippen molar-refractivity contribution in [2.45, 2.75) is 24.1 Å². The number of rotatable bonds is 7. The molecule has 0 unspecified atom stereocenters. The Kier molecular flexibility index (Phi) is 7.26. The van der Waals surface area contributed by atoms with E-state index in [1.54, 1.807) is 29.3 Å². The number of hydrogen-bond donors (Lipinski definition) is 1. The number of hydrogen-bond acceptors (Lipinski definition) is 6. The molecule has 1 aromatic carbocycles. The fraction of sp³-hybridized carbons (Fsp3) is 0.300. The van der Waals surface area contributed by atoms with Gasteiger partial charge in [0.1, 0.15) is 0 Å². The summed E-state index contributed by atoms with van der Waals surface area (Å²) < 4.78 is 8.57. The molecule has 0 saturated carbocycles. The highest BCUT2D eigenvalue weighted by Crippen LogP contribution is 2.34. The van der Waals surface area contributed by atoms with Crippen molar-refractivity contribution in [3.8, 4) is 5.75 Å². The summed E-state index contributed by atoms with van der Waals surface area (Å²) >= 11 is 8.51. The van der Waals surface area contributed by atoms with Gasteiger partial charge in [-0.2, -0.15) is 0 Å². The number of aromatic nitrogens is 2. The lowest BCUT2D eigenvalue weighted by Gasteiger charge is -2.14. The molecule has 3 aromatic rings. The van der Waals surface area contributed by atoms with Crippen LogP contribution in [-0.4, -0.2) is 46.1 Å². The third-order valence-corrected chi connectivity index (χ3v) is 6.38. The summed E-state index contributed by atoms with van der Waals surface area (Å²) in [7, 11) is 3.85. The lowest BCUT2D eigenvalue weighted by molar-refractivity contribution is 0.0517. The first-order valence-electron chi connectivity index (χ1n) is 8.93. The number of esters is 1. The van der Waals surface area contributed by atoms with Gasteiger partial charge in [0.25, 0.3) is 0 Å². The summed E-state index contributed by atoms with van der Waals surface area (Å²) in [4.78, 5) is 20.3. The minimum atomic E-state index is -0.460. The van der Waals surface area contributed by atoms with Crippen LogP contribution in [0.1, 0.15) is 28.7 Å². The number of pyridine rings is 1. The van der Waals surface area contributed by atoms with Crippen molar-refractivity contribution in [1.82, 2.24) is 14.3 Å². The Morgan fingerprint density at radius 2 is 1.97 bits per heavy atom. The molecule has 2 heterocycles. The maximum atomic E-state index is 12.7. The molecule has 0 atom stereocenters. The predicted octanol–water partition coefficient (Wildman–Crippen LogP) is 5.10. The van der Waals surface area contributed by atoms with Gasteiger partial charge in [-0.1, -0.05) is 15.9 Å². The third kappa shape index (κ3) is 4.96. The van der Waals surface area contributed by atoms with Crippen molar-refractivity contribution in [3.05, 3.63) is 56.4 Å². The summed E-state index contributed by atoms with van der Waals surface area (Å²) in [5.74, 6) is 0.0638. The first-order chi connectivity index (χ1) is 13.8. The Labute approximate surface area is 190 Å². The molecule has 0 fully saturated rings. The number of benzene rings is 1. The molecule has 0 aliphatic rings. The van der Waals surface area contributed by atoms with Crippen LogP contribution < -0.4 is 0 Å². The Morgan fingerprint density at radius 1 is 1.28 bits per heavy atom. The van der Waals surface area contributed by atoms with Crippen LogP contribution in [0.25, 0.3) is 5.65 Å². The fourth-order valence-electron chi connectivity index (χ4n) is 2.88. The van der Waals surface area contributed by atoms with Gasteiger partial charge in [0, 0.05) is 37.9 Å². The van der Waals surface area contributed by atoms with Crippen LogP contribution in [0.2, 0.25) is 0 Å². The summed E-state index contributed by atoms with van der Waals surface area (Å²) in [5, 5.41) is 10.8. The van der Waals surface area contributed by atoms with Gasteiger partial charge < -0.3 is 14.7 Å². The normalized spacial score (nSPS) is 11.4. The van der Waals surface area contributed by atoms with Gasteiger partial charge in [-0.15, -0.1) is 11.8 Å². The second kappa shape index (κ2) is 9.51. The Hall–Kier alpha value is -1.55. The average Bonchev–Trinajstić information content (AvgIpc) is 3.03. The lowest BCUT2D eigenvalue weighted by atomic mass is 10.2. The van der Waals surface area contributed by atoms with Crippen LogP contribution in [0.3, 0.4) is 0 Å². The quantitative estimate of drug-likeness (QED) is 0.331. The van der Waals surface area contributed by atoms with Gasteiger partial charge in [-0.25, -0.2) is 9.78 Å². The highest BCUT2D eigenvalue weighted by molar-refractivity contribution is 9.10. The third-order valence-electron chi connectivity index (χ3n) is 4.14. The molecule has 0 spiro atoms. The molecule has 29 heavy (non-hydrogen) atoms. The minimum Gasteiger partial charge on any atom is -0.504 e. The van der Waals surface area contributed by atoms with E-state index in [2.05, 4.69) is 36.8 Å². The topological polar surface area (TPSA) is 67.1 Å². The van der Waals surface area contributed by atoms with Crippen molar-refractivity contribution in [2.75, 3.05) is 20.7 Å². The smallest absolute Gasteiger partial charge is 0.357 e. The molecule has 0 saturated heterocycles. The van der Waals surface area contributed by atoms with Crippen molar-refractivity contribution in [1.29, 1.82) is 0 Å². The number of ether oxygens (including phenoxy) is 1. The molecule has 6 nitrogen and oxygen atoms in total. The van der Waals surface area contributed by atoms with E-state index in [1.807, 2.05) is 43.3 Å². The highest BCUT2D eigenvalue weighted by atomic mass is 79.9. The molecule has 3 rings (SSSR count). The number of imidazole rings is 1. The lowest BCUT2D eigenvalue weighted by Crippen LogP contribution is -2.13. The maximum absolute atomic E-state index is 12.7. The number of fused-ring (bicyclic) bond motifs is 1. The average molecular weight is 543 g/mol. The second-order valence-electron chi connectivity index (χ2n) is 6.61. The van der Waals surface area contributed by atoms with Gasteiger partial charge in [0.2, 0.25) is 0 Å². The summed E-state index contributed by atoms with van der Waals surface area (Å²) in [5.41, 5.74) is 1.97. The fourth-order valence-corrected chi connectivity index (χ4v) is 4.49. The van der Waals surface area contributed by atoms with Crippen LogP contribution in [0, 0.1) is 0 Å². The van der Waals surface area contributed by atoms with E-state index in [0.29, 0.717) is 33.8 Å². The molecule has 0 aliphatic carbocycles. The van der Waals surface area contributed by atoms with Crippen molar-refractivity contribution >= 4 is 55.2 Å². The molecular weight excluding hydrogens is 522 g/mol. The zero-order chi connectivity index (χ0) is 21.1. The van der Waals surface area contributed by atoms with Crippen LogP contribution >= 0.6 is 43.6 Å². The van der Waals surface area contributed by atoms with Crippen LogP contribution in [0.15, 0.2) is 44.3 Å². The standard InChI is InChI=1S/C20H21Br2N3O3S/c1-4-28-20(27)17-16(11-29-13-7-5-12(21)6-8-13)23-19-18(26)14(9-24(2)3)15(22)10-25(17)19/h5-8,10,26H,4,9,11H2,1-3H3. The van der Waals surface area contributed by atoms with Gasteiger partial charge in [0.15, 0.2) is 17.1 Å². The first kappa shape index (κ1) is 22.1. The largest absolute Gasteiger partial charge is 0.504 e. The number of halogens is 2. The zero-order valence-electron chi connectivity index (χ0n) is 16.3. The zero-order valence-corrected chi connectivity index (χ0v) is 20.3. The number of carbonyl (C=O) groups is 1. The van der Waals surface area contributed by atoms with Crippen LogP contribution in [0.5, 0.6) is 5.75 Å². The minimum absolute atomic E-state index is 0.0542. The molecule has 0 aliphatic heterocycles. The second-order valence-corrected chi connectivity index (χ2v) is 9.42. The summed E-state index contributed by atoms with van der Waals surface area (Å²) in [6.45, 7) is 2.56. The van der Waals surface area contributed by atoms with E-state index in [0.717, 1.165) is 14.9 Å². The number of nitrogens with zero attached hydrogens (tertiary/aromatic N) is 3. The molecule has 0 bridgehead atoms. The predicted molar refractivity (Wildman–Crippen MR) is 122 cm³/mol. The Morgan fingerprint density at radius 3 is 2.59 bits per heavy atom. The van der Waals surface area contributed by atoms with Crippen LogP contribution in [0.4, 0.5) is 0 Å². The van der Waals surface area contributed by atoms with E-state index < -0.39 is 5.97 Å². The molecule has 9 heteroatoms. The SMILES string of the molecule is CCOC(=O)c1c(CSc2ccc(Br)cc2)nc2c(O)c(CN(C)C)c(Br)cn12. The number of carbonyl (C=O) groups excluding carboxylic acids is 1. The summed E-state index contributed by atoms with van der Waals surface area (Å²) in [6, 6.07) is 7.93. The maximum Gasteiger partial charge on any atom is 0.357 e. The Bertz CT molecular complexity index is 1040. The molecular formula is C20H21Br2N3O3S. The van der Waals surface area contributed by atoms with Crippen molar-refractivity contribution in [3.63, 3.8) is 0 Å². The van der Waals surface area contributed by atoms with Gasteiger partial charge in [-0.05, 0) is 61.2 Å². The molecule has 0 radical (unpaired) electrons. The van der Waals surface area contributed by atoms with E-state index in [9.17, 15) is 9.90 Å². The van der Waals surface area contributed by atoms with E-state index in [4.69, 9.17) is 4.74 Å². The van der Waals surface area contributed by atoms with E-state index in [-0.39, 0.29) is 12.4 Å². The molecule has 154 valence electrons. The van der Waals surface area contributed by atoms with Crippen molar-refractivity contribution in [2.24, 2.45) is 0 Å². The highest BCUT2D eigenvalue weighted by Gasteiger charge is 2.24. The van der Waals surface area contributed by atoms with Gasteiger partial charge >= 0.3 is 5.97 Å². The Balaban J connectivity index is 2.06. The van der Waals surface area contributed by atoms with Gasteiger partial charge in [-0.3, -0.25) is 4.40 Å². The number of thioether (sulfide) groups is 1. The molecule has 1 N–H and O–H groups in total. The monoisotopic (exact) mass is 541 g/mol. The van der Waals surface area contributed by atoms with Crippen molar-refractivity contribution < 1.29 is 14.6 Å². The molecule has 0 amide bonds. The number of aromatic hydroxyl groups is 1. The van der Waals surface area contributed by atoms with Gasteiger partial charge in [0.05, 0.1) is 12.3 Å². The first-order valence-corrected chi connectivity index (χ1v) is 11.5. The summed E-state index contributed by atoms with van der Waals surface area (Å²) in [6.07, 6.45) is 1.76.